The molecule has 5 aromatic rings. The smallest absolute Gasteiger partial charge is 0.411 e. The fraction of sp³-hybridized carbons (Fsp3) is 0.426. The summed E-state index contributed by atoms with van der Waals surface area (Å²) >= 11 is 0. The van der Waals surface area contributed by atoms with Crippen LogP contribution >= 0.6 is 0 Å². The number of nitrogens with two attached hydrogens (primary N) is 1. The SMILES string of the molecule is CNC(C(=O)N[C@H](C(=O)N(C)[C@H](/C=C(\C)C(=O)O)C(C)C)C(C)(C)C)C(C)(C)c1cn(C)c2cc(NC(=O)OCc3ccc(NC(=O)[C@H](CCCNC(N)=O)NC(=O)[C@@H](NC(=O)CCC(=O)N4Cc5ccccc5C#Cc5ccccc54)C(C)C)cc3)ccc12. The van der Waals surface area contributed by atoms with Crippen LogP contribution in [0.4, 0.5) is 26.7 Å². The molecule has 1 aliphatic heterocycles. The van der Waals surface area contributed by atoms with Gasteiger partial charge in [0, 0.05) is 78.6 Å². The zero-order valence-electron chi connectivity index (χ0n) is 53.8. The van der Waals surface area contributed by atoms with Gasteiger partial charge in [0.15, 0.2) is 0 Å². The van der Waals surface area contributed by atoms with E-state index in [4.69, 9.17) is 10.5 Å². The Labute approximate surface area is 526 Å². The number of urea groups is 1. The van der Waals surface area contributed by atoms with Crippen molar-refractivity contribution in [3.8, 4) is 11.8 Å². The Morgan fingerprint density at radius 1 is 0.767 bits per heavy atom. The Hall–Kier alpha value is -9.49. The molecule has 0 aliphatic carbocycles. The minimum absolute atomic E-state index is 0.0859. The van der Waals surface area contributed by atoms with Gasteiger partial charge in [0.1, 0.15) is 24.7 Å². The minimum Gasteiger partial charge on any atom is -0.478 e. The fourth-order valence-corrected chi connectivity index (χ4v) is 10.9. The van der Waals surface area contributed by atoms with Gasteiger partial charge < -0.3 is 61.8 Å². The van der Waals surface area contributed by atoms with Crippen LogP contribution in [0.1, 0.15) is 123 Å². The van der Waals surface area contributed by atoms with Gasteiger partial charge in [-0.3, -0.25) is 34.1 Å². The standard InChI is InChI=1S/C68H87N11O11/c1-40(2)53(35-42(5)64(86)87)78(13)63(85)59(67(6,7)8)76-62(84)58(70-11)68(9,10)50-38-77(12)54-36-48(30-31-49(50)54)73-66(89)90-39-43-24-28-47(29-25-43)72-60(82)51(22-18-34-71-65(69)88)74-61(83)57(41(3)4)75-55(80)32-33-56(81)79-37-46-21-15-14-19-44(46)26-27-45-20-16-17-23-52(45)79/h14-17,19-21,23-25,28-31,35-36,38,40-41,51,53,57-59,70H,18,22,32-34,37,39H2,1-13H3,(H,72,82)(H,73,89)(H,74,83)(H,75,80)(H,76,84)(H,86,87)(H3,69,71,88)/b42-35+/t51-,53+,57-,58?,59+/m0/s1. The average molecular weight is 1230 g/mol. The molecule has 22 heteroatoms. The van der Waals surface area contributed by atoms with Gasteiger partial charge in [0.05, 0.1) is 29.8 Å². The molecule has 1 unspecified atom stereocenters. The van der Waals surface area contributed by atoms with Crippen LogP contribution in [0.5, 0.6) is 0 Å². The van der Waals surface area contributed by atoms with Crippen molar-refractivity contribution in [3.63, 3.8) is 0 Å². The lowest BCUT2D eigenvalue weighted by atomic mass is 9.76. The average Bonchev–Trinajstić information content (AvgIpc) is 1.57. The number of carbonyl (C=O) groups excluding carboxylic acids is 8. The summed E-state index contributed by atoms with van der Waals surface area (Å²) in [6.07, 6.45) is 2.73. The highest BCUT2D eigenvalue weighted by atomic mass is 16.5. The number of hydrogen-bond donors (Lipinski definition) is 9. The zero-order chi connectivity index (χ0) is 66.4. The Kier molecular flexibility index (Phi) is 23.7. The molecule has 9 amide bonds. The monoisotopic (exact) mass is 1230 g/mol. The van der Waals surface area contributed by atoms with E-state index < -0.39 is 88.7 Å². The lowest BCUT2D eigenvalue weighted by Gasteiger charge is -2.39. The van der Waals surface area contributed by atoms with Crippen LogP contribution in [-0.2, 0) is 63.9 Å². The molecule has 6 rings (SSSR count). The molecule has 1 aromatic heterocycles. The van der Waals surface area contributed by atoms with E-state index in [0.717, 1.165) is 27.6 Å². The molecule has 22 nitrogen and oxygen atoms in total. The predicted molar refractivity (Wildman–Crippen MR) is 347 cm³/mol. The number of carboxylic acid groups (broad SMARTS) is 1. The number of aryl methyl sites for hydroxylation is 1. The third-order valence-electron chi connectivity index (χ3n) is 16.0. The van der Waals surface area contributed by atoms with E-state index in [1.807, 2.05) is 121 Å². The molecule has 0 saturated heterocycles. The molecule has 2 heterocycles. The maximum absolute atomic E-state index is 14.4. The van der Waals surface area contributed by atoms with Gasteiger partial charge in [-0.2, -0.15) is 0 Å². The largest absolute Gasteiger partial charge is 0.478 e. The maximum atomic E-state index is 14.4. The molecule has 1 aliphatic rings. The number of nitrogens with one attached hydrogen (secondary N) is 7. The highest BCUT2D eigenvalue weighted by Gasteiger charge is 2.43. The van der Waals surface area contributed by atoms with Crippen molar-refractivity contribution in [3.05, 3.63) is 137 Å². The van der Waals surface area contributed by atoms with Gasteiger partial charge in [-0.25, -0.2) is 14.4 Å². The fourth-order valence-electron chi connectivity index (χ4n) is 10.9. The summed E-state index contributed by atoms with van der Waals surface area (Å²) in [4.78, 5) is 123. The van der Waals surface area contributed by atoms with Crippen molar-refractivity contribution in [2.75, 3.05) is 36.2 Å². The summed E-state index contributed by atoms with van der Waals surface area (Å²) in [5.41, 5.74) is 9.75. The van der Waals surface area contributed by atoms with Crippen molar-refractivity contribution in [2.45, 2.75) is 144 Å². The molecule has 5 atom stereocenters. The minimum atomic E-state index is -1.12. The summed E-state index contributed by atoms with van der Waals surface area (Å²) in [6, 6.07) is 21.5. The molecule has 0 radical (unpaired) electrons. The number of carbonyl (C=O) groups is 9. The van der Waals surface area contributed by atoms with E-state index in [1.54, 1.807) is 75.3 Å². The van der Waals surface area contributed by atoms with Gasteiger partial charge >= 0.3 is 18.1 Å². The number of aromatic nitrogens is 1. The molecule has 4 aromatic carbocycles. The topological polar surface area (TPSA) is 305 Å². The molecule has 0 spiro atoms. The maximum Gasteiger partial charge on any atom is 0.411 e. The van der Waals surface area contributed by atoms with E-state index in [1.165, 1.54) is 11.8 Å². The van der Waals surface area contributed by atoms with Gasteiger partial charge in [-0.15, -0.1) is 0 Å². The molecule has 0 fully saturated rings. The van der Waals surface area contributed by atoms with E-state index in [9.17, 15) is 48.3 Å². The number of ether oxygens (including phenoxy) is 1. The Morgan fingerprint density at radius 2 is 1.41 bits per heavy atom. The summed E-state index contributed by atoms with van der Waals surface area (Å²) in [5.74, 6) is 1.93. The molecule has 480 valence electrons. The number of primary amides is 1. The zero-order valence-corrected chi connectivity index (χ0v) is 53.8. The van der Waals surface area contributed by atoms with Crippen LogP contribution in [0.15, 0.2) is 109 Å². The number of carboxylic acids is 1. The second kappa shape index (κ2) is 30.6. The lowest BCUT2D eigenvalue weighted by Crippen LogP contribution is -2.61. The molecule has 10 N–H and O–H groups in total. The number of likely N-dealkylation sites (N-methyl/N-ethyl adjacent to an activating group) is 2. The number of aliphatic carboxylic acids is 1. The molecule has 90 heavy (non-hydrogen) atoms. The van der Waals surface area contributed by atoms with Gasteiger partial charge in [0.25, 0.3) is 0 Å². The van der Waals surface area contributed by atoms with Crippen molar-refractivity contribution in [1.82, 2.24) is 36.1 Å². The number of fused-ring (bicyclic) bond motifs is 3. The van der Waals surface area contributed by atoms with Gasteiger partial charge in [0.2, 0.25) is 35.4 Å². The summed E-state index contributed by atoms with van der Waals surface area (Å²) in [7, 11) is 5.15. The van der Waals surface area contributed by atoms with Crippen LogP contribution in [0.3, 0.4) is 0 Å². The second-order valence-corrected chi connectivity index (χ2v) is 25.1. The second-order valence-electron chi connectivity index (χ2n) is 25.1. The van der Waals surface area contributed by atoms with E-state index in [-0.39, 0.29) is 68.7 Å². The number of para-hydroxylation sites is 1. The summed E-state index contributed by atoms with van der Waals surface area (Å²) in [6.45, 7) is 18.5. The van der Waals surface area contributed by atoms with Crippen LogP contribution in [0, 0.1) is 29.1 Å². The van der Waals surface area contributed by atoms with E-state index >= 15 is 0 Å². The first-order valence-corrected chi connectivity index (χ1v) is 30.1. The first-order valence-electron chi connectivity index (χ1n) is 30.1. The third-order valence-corrected chi connectivity index (χ3v) is 16.0. The van der Waals surface area contributed by atoms with Crippen LogP contribution in [0.2, 0.25) is 0 Å². The van der Waals surface area contributed by atoms with E-state index in [2.05, 4.69) is 49.1 Å². The summed E-state index contributed by atoms with van der Waals surface area (Å²) < 4.78 is 7.48. The Morgan fingerprint density at radius 3 is 2.04 bits per heavy atom. The van der Waals surface area contributed by atoms with Gasteiger partial charge in [-0.05, 0) is 103 Å². The van der Waals surface area contributed by atoms with Crippen molar-refractivity contribution in [1.29, 1.82) is 0 Å². The van der Waals surface area contributed by atoms with Crippen molar-refractivity contribution in [2.24, 2.45) is 30.0 Å². The first-order chi connectivity index (χ1) is 42.4. The number of rotatable bonds is 26. The quantitative estimate of drug-likeness (QED) is 0.0147. The highest BCUT2D eigenvalue weighted by molar-refractivity contribution is 6.00. The Bertz CT molecular complexity index is 3570. The number of hydrogen-bond acceptors (Lipinski definition) is 11. The highest BCUT2D eigenvalue weighted by Crippen LogP contribution is 2.37. The molecule has 0 saturated carbocycles. The molecular weight excluding hydrogens is 1150 g/mol. The third kappa shape index (κ3) is 18.1. The number of anilines is 3. The first kappa shape index (κ1) is 69.6. The van der Waals surface area contributed by atoms with Crippen molar-refractivity contribution >= 4 is 81.5 Å². The number of nitrogens with zero attached hydrogens (tertiary/aromatic N) is 3. The van der Waals surface area contributed by atoms with Gasteiger partial charge in [-0.1, -0.05) is 129 Å². The number of benzene rings is 4. The van der Waals surface area contributed by atoms with Crippen LogP contribution < -0.4 is 47.9 Å². The van der Waals surface area contributed by atoms with Crippen LogP contribution in [-0.4, -0.2) is 119 Å². The molecular formula is C68H87N11O11. The number of amides is 9. The summed E-state index contributed by atoms with van der Waals surface area (Å²) in [5, 5.41) is 30.3. The predicted octanol–water partition coefficient (Wildman–Crippen LogP) is 7.58. The Balaban J connectivity index is 1.05. The van der Waals surface area contributed by atoms with Crippen LogP contribution in [0.25, 0.3) is 10.9 Å². The normalized spacial score (nSPS) is 13.9. The van der Waals surface area contributed by atoms with Crippen molar-refractivity contribution < 1.29 is 53.0 Å². The lowest BCUT2D eigenvalue weighted by molar-refractivity contribution is -0.141. The molecule has 0 bridgehead atoms. The van der Waals surface area contributed by atoms with E-state index in [0.29, 0.717) is 28.2 Å².